The summed E-state index contributed by atoms with van der Waals surface area (Å²) >= 11 is 1.40. The van der Waals surface area contributed by atoms with Crippen LogP contribution < -0.4 is 10.2 Å². The molecule has 0 radical (unpaired) electrons. The number of likely N-dealkylation sites (tertiary alicyclic amines) is 1. The van der Waals surface area contributed by atoms with Gasteiger partial charge in [0.2, 0.25) is 11.8 Å². The van der Waals surface area contributed by atoms with E-state index in [0.29, 0.717) is 31.6 Å². The molecule has 6 nitrogen and oxygen atoms in total. The van der Waals surface area contributed by atoms with Gasteiger partial charge in [-0.2, -0.15) is 0 Å². The lowest BCUT2D eigenvalue weighted by atomic mass is 10.2. The predicted octanol–water partition coefficient (Wildman–Crippen LogP) is 3.11. The lowest BCUT2D eigenvalue weighted by Crippen LogP contribution is -2.31. The molecule has 0 atom stereocenters. The first-order valence-corrected chi connectivity index (χ1v) is 11.8. The fourth-order valence-electron chi connectivity index (χ4n) is 4.10. The van der Waals surface area contributed by atoms with Gasteiger partial charge < -0.3 is 15.1 Å². The van der Waals surface area contributed by atoms with Gasteiger partial charge >= 0.3 is 0 Å². The summed E-state index contributed by atoms with van der Waals surface area (Å²) in [7, 11) is 0. The zero-order chi connectivity index (χ0) is 21.6. The molecule has 162 valence electrons. The monoisotopic (exact) mass is 437 g/mol. The van der Waals surface area contributed by atoms with E-state index in [1.54, 1.807) is 6.07 Å². The standard InChI is InChI=1S/C24H27N3O3S/c28-22-11-5-14-26(22)15-6-13-25-24(30)19-8-2-4-10-21(19)31-17-23(29)27-16-12-18-7-1-3-9-20(18)27/h1-4,7-10H,5-6,11-17H2,(H,25,30). The number of hydrogen-bond acceptors (Lipinski definition) is 4. The molecule has 2 aliphatic rings. The molecule has 4 rings (SSSR count). The molecule has 2 aromatic carbocycles. The van der Waals surface area contributed by atoms with E-state index in [0.717, 1.165) is 36.4 Å². The smallest absolute Gasteiger partial charge is 0.252 e. The summed E-state index contributed by atoms with van der Waals surface area (Å²) in [6, 6.07) is 15.4. The molecule has 3 amide bonds. The Bertz CT molecular complexity index is 978. The minimum absolute atomic E-state index is 0.0560. The number of anilines is 1. The quantitative estimate of drug-likeness (QED) is 0.509. The van der Waals surface area contributed by atoms with Gasteiger partial charge in [-0.3, -0.25) is 14.4 Å². The highest BCUT2D eigenvalue weighted by Gasteiger charge is 2.24. The zero-order valence-electron chi connectivity index (χ0n) is 17.5. The highest BCUT2D eigenvalue weighted by Crippen LogP contribution is 2.29. The zero-order valence-corrected chi connectivity index (χ0v) is 18.3. The van der Waals surface area contributed by atoms with Gasteiger partial charge in [-0.05, 0) is 43.0 Å². The number of para-hydroxylation sites is 1. The molecule has 31 heavy (non-hydrogen) atoms. The molecular formula is C24H27N3O3S. The Morgan fingerprint density at radius 1 is 1.00 bits per heavy atom. The maximum atomic E-state index is 12.8. The van der Waals surface area contributed by atoms with Crippen LogP contribution in [-0.4, -0.2) is 54.6 Å². The molecule has 1 saturated heterocycles. The van der Waals surface area contributed by atoms with Crippen molar-refractivity contribution >= 4 is 35.2 Å². The van der Waals surface area contributed by atoms with Gasteiger partial charge in [-0.25, -0.2) is 0 Å². The maximum Gasteiger partial charge on any atom is 0.252 e. The van der Waals surface area contributed by atoms with Gasteiger partial charge in [0.1, 0.15) is 0 Å². The summed E-state index contributed by atoms with van der Waals surface area (Å²) < 4.78 is 0. The van der Waals surface area contributed by atoms with Crippen molar-refractivity contribution in [2.45, 2.75) is 30.6 Å². The third kappa shape index (κ3) is 5.10. The fraction of sp³-hybridized carbons (Fsp3) is 0.375. The van der Waals surface area contributed by atoms with Crippen molar-refractivity contribution in [3.05, 3.63) is 59.7 Å². The highest BCUT2D eigenvalue weighted by molar-refractivity contribution is 8.00. The van der Waals surface area contributed by atoms with Crippen molar-refractivity contribution in [2.75, 3.05) is 36.8 Å². The number of carbonyl (C=O) groups excluding carboxylic acids is 3. The van der Waals surface area contributed by atoms with Crippen molar-refractivity contribution < 1.29 is 14.4 Å². The van der Waals surface area contributed by atoms with E-state index >= 15 is 0 Å². The normalized spacial score (nSPS) is 15.3. The number of hydrogen-bond donors (Lipinski definition) is 1. The number of rotatable bonds is 8. The number of amides is 3. The third-order valence-electron chi connectivity index (χ3n) is 5.73. The summed E-state index contributed by atoms with van der Waals surface area (Å²) in [5, 5.41) is 2.95. The fourth-order valence-corrected chi connectivity index (χ4v) is 5.03. The van der Waals surface area contributed by atoms with Gasteiger partial charge in [0.25, 0.3) is 5.91 Å². The lowest BCUT2D eigenvalue weighted by molar-refractivity contribution is -0.127. The molecule has 2 aliphatic heterocycles. The van der Waals surface area contributed by atoms with Crippen LogP contribution in [0.5, 0.6) is 0 Å². The van der Waals surface area contributed by atoms with E-state index in [1.807, 2.05) is 46.2 Å². The second-order valence-corrected chi connectivity index (χ2v) is 8.82. The van der Waals surface area contributed by atoms with E-state index in [2.05, 4.69) is 11.4 Å². The van der Waals surface area contributed by atoms with Crippen LogP contribution in [0.15, 0.2) is 53.4 Å². The summed E-state index contributed by atoms with van der Waals surface area (Å²) in [5.41, 5.74) is 2.78. The Hall–Kier alpha value is -2.80. The Morgan fingerprint density at radius 3 is 2.65 bits per heavy atom. The van der Waals surface area contributed by atoms with Gasteiger partial charge in [0, 0.05) is 43.2 Å². The van der Waals surface area contributed by atoms with Crippen LogP contribution in [0.1, 0.15) is 35.2 Å². The second-order valence-electron chi connectivity index (χ2n) is 7.80. The van der Waals surface area contributed by atoms with Crippen LogP contribution in [-0.2, 0) is 16.0 Å². The van der Waals surface area contributed by atoms with Gasteiger partial charge in [0.05, 0.1) is 11.3 Å². The van der Waals surface area contributed by atoms with E-state index in [1.165, 1.54) is 17.3 Å². The van der Waals surface area contributed by atoms with Crippen LogP contribution >= 0.6 is 11.8 Å². The number of benzene rings is 2. The van der Waals surface area contributed by atoms with E-state index in [4.69, 9.17) is 0 Å². The van der Waals surface area contributed by atoms with Crippen LogP contribution in [0.4, 0.5) is 5.69 Å². The molecule has 2 aromatic rings. The molecule has 1 fully saturated rings. The molecule has 0 aromatic heterocycles. The molecule has 0 spiro atoms. The molecule has 7 heteroatoms. The summed E-state index contributed by atoms with van der Waals surface area (Å²) in [6.45, 7) is 2.73. The van der Waals surface area contributed by atoms with Gasteiger partial charge in [-0.15, -0.1) is 11.8 Å². The predicted molar refractivity (Wildman–Crippen MR) is 122 cm³/mol. The van der Waals surface area contributed by atoms with E-state index in [9.17, 15) is 14.4 Å². The van der Waals surface area contributed by atoms with E-state index in [-0.39, 0.29) is 23.5 Å². The first kappa shape index (κ1) is 21.4. The van der Waals surface area contributed by atoms with Crippen molar-refractivity contribution in [3.8, 4) is 0 Å². The molecule has 0 bridgehead atoms. The average molecular weight is 438 g/mol. The Balaban J connectivity index is 1.29. The average Bonchev–Trinajstić information content (AvgIpc) is 3.41. The summed E-state index contributed by atoms with van der Waals surface area (Å²) in [4.78, 5) is 41.7. The molecule has 0 aliphatic carbocycles. The summed E-state index contributed by atoms with van der Waals surface area (Å²) in [6.07, 6.45) is 3.18. The van der Waals surface area contributed by atoms with Crippen LogP contribution in [0.25, 0.3) is 0 Å². The number of fused-ring (bicyclic) bond motifs is 1. The van der Waals surface area contributed by atoms with Crippen molar-refractivity contribution in [1.29, 1.82) is 0 Å². The largest absolute Gasteiger partial charge is 0.352 e. The number of nitrogens with one attached hydrogen (secondary N) is 1. The van der Waals surface area contributed by atoms with Gasteiger partial charge in [-0.1, -0.05) is 30.3 Å². The van der Waals surface area contributed by atoms with Crippen molar-refractivity contribution in [3.63, 3.8) is 0 Å². The van der Waals surface area contributed by atoms with Crippen molar-refractivity contribution in [2.24, 2.45) is 0 Å². The number of carbonyl (C=O) groups is 3. The van der Waals surface area contributed by atoms with Crippen LogP contribution in [0.2, 0.25) is 0 Å². The first-order chi connectivity index (χ1) is 15.1. The maximum absolute atomic E-state index is 12.8. The first-order valence-electron chi connectivity index (χ1n) is 10.8. The van der Waals surface area contributed by atoms with Crippen LogP contribution in [0.3, 0.4) is 0 Å². The van der Waals surface area contributed by atoms with Crippen molar-refractivity contribution in [1.82, 2.24) is 10.2 Å². The number of thioether (sulfide) groups is 1. The molecule has 0 unspecified atom stereocenters. The summed E-state index contributed by atoms with van der Waals surface area (Å²) in [5.74, 6) is 0.406. The highest BCUT2D eigenvalue weighted by atomic mass is 32.2. The molecular weight excluding hydrogens is 410 g/mol. The second kappa shape index (κ2) is 10.0. The Labute approximate surface area is 187 Å². The van der Waals surface area contributed by atoms with Gasteiger partial charge in [0.15, 0.2) is 0 Å². The topological polar surface area (TPSA) is 69.7 Å². The lowest BCUT2D eigenvalue weighted by Gasteiger charge is -2.18. The Morgan fingerprint density at radius 2 is 1.81 bits per heavy atom. The minimum atomic E-state index is -0.144. The number of nitrogens with zero attached hydrogens (tertiary/aromatic N) is 2. The van der Waals surface area contributed by atoms with E-state index < -0.39 is 0 Å². The van der Waals surface area contributed by atoms with Crippen LogP contribution in [0, 0.1) is 0 Å². The SMILES string of the molecule is O=C(NCCCN1CCCC1=O)c1ccccc1SCC(=O)N1CCc2ccccc21. The molecule has 2 heterocycles. The third-order valence-corrected chi connectivity index (χ3v) is 6.79. The molecule has 1 N–H and O–H groups in total. The molecule has 0 saturated carbocycles. The minimum Gasteiger partial charge on any atom is -0.352 e. The Kier molecular flexibility index (Phi) is 6.92.